The summed E-state index contributed by atoms with van der Waals surface area (Å²) in [5.74, 6) is -5.05. The minimum absolute atomic E-state index is 0.0544. The van der Waals surface area contributed by atoms with Crippen molar-refractivity contribution < 1.29 is 26.9 Å². The third-order valence-corrected chi connectivity index (χ3v) is 4.86. The molecule has 5 nitrogen and oxygen atoms in total. The Labute approximate surface area is 180 Å². The largest absolute Gasteiger partial charge is 0.333 e. The van der Waals surface area contributed by atoms with Crippen molar-refractivity contribution >= 4 is 27.5 Å². The van der Waals surface area contributed by atoms with Crippen LogP contribution in [0.3, 0.4) is 0 Å². The Bertz CT molecular complexity index is 883. The van der Waals surface area contributed by atoms with Gasteiger partial charge in [0.15, 0.2) is 5.82 Å². The number of aromatic nitrogens is 2. The molecule has 10 heteroatoms. The first-order chi connectivity index (χ1) is 14.1. The number of unbranched alkanes of at least 4 members (excludes halogenated alkanes) is 2. The molecule has 0 radical (unpaired) electrons. The molecule has 164 valence electrons. The van der Waals surface area contributed by atoms with E-state index in [1.807, 2.05) is 0 Å². The standard InChI is InChI=1S/C20H22BrF4N3O2/c1-13(22)7-10-18(29)28(14-8-9-16(23)15(21)12-14)11-5-3-4-6-17-26-19(30-27-17)20(2,24)25/h8-9,12H,1,3-7,10-11H2,2H3. The summed E-state index contributed by atoms with van der Waals surface area (Å²) in [5.41, 5.74) is 0.491. The zero-order valence-corrected chi connectivity index (χ0v) is 18.0. The molecule has 30 heavy (non-hydrogen) atoms. The Balaban J connectivity index is 1.92. The van der Waals surface area contributed by atoms with Gasteiger partial charge in [-0.1, -0.05) is 18.2 Å². The van der Waals surface area contributed by atoms with Gasteiger partial charge in [0.2, 0.25) is 5.91 Å². The summed E-state index contributed by atoms with van der Waals surface area (Å²) in [5, 5.41) is 3.53. The van der Waals surface area contributed by atoms with Crippen LogP contribution in [0.1, 0.15) is 50.7 Å². The lowest BCUT2D eigenvalue weighted by Crippen LogP contribution is -2.31. The Morgan fingerprint density at radius 1 is 1.27 bits per heavy atom. The minimum atomic E-state index is -3.18. The Hall–Kier alpha value is -2.23. The van der Waals surface area contributed by atoms with E-state index in [4.69, 9.17) is 0 Å². The molecule has 0 fully saturated rings. The molecule has 0 atom stereocenters. The van der Waals surface area contributed by atoms with Crippen molar-refractivity contribution in [2.75, 3.05) is 11.4 Å². The fraction of sp³-hybridized carbons (Fsp3) is 0.450. The molecule has 0 unspecified atom stereocenters. The number of nitrogens with zero attached hydrogens (tertiary/aromatic N) is 3. The quantitative estimate of drug-likeness (QED) is 0.281. The van der Waals surface area contributed by atoms with Crippen molar-refractivity contribution in [2.45, 2.75) is 51.4 Å². The second kappa shape index (κ2) is 10.7. The predicted molar refractivity (Wildman–Crippen MR) is 107 cm³/mol. The van der Waals surface area contributed by atoms with Gasteiger partial charge >= 0.3 is 5.92 Å². The molecule has 0 aliphatic heterocycles. The average molecular weight is 492 g/mol. The first-order valence-corrected chi connectivity index (χ1v) is 10.2. The molecule has 0 N–H and O–H groups in total. The van der Waals surface area contributed by atoms with E-state index in [0.717, 1.165) is 0 Å². The monoisotopic (exact) mass is 491 g/mol. The van der Waals surface area contributed by atoms with Crippen LogP contribution in [0.25, 0.3) is 0 Å². The van der Waals surface area contributed by atoms with E-state index >= 15 is 0 Å². The molecule has 0 saturated carbocycles. The van der Waals surface area contributed by atoms with Gasteiger partial charge in [0.25, 0.3) is 5.89 Å². The van der Waals surface area contributed by atoms with Crippen molar-refractivity contribution in [1.82, 2.24) is 10.1 Å². The summed E-state index contributed by atoms with van der Waals surface area (Å²) in [4.78, 5) is 17.7. The number of rotatable bonds is 11. The summed E-state index contributed by atoms with van der Waals surface area (Å²) in [6.45, 7) is 4.17. The van der Waals surface area contributed by atoms with Gasteiger partial charge in [0.1, 0.15) is 5.82 Å². The fourth-order valence-electron chi connectivity index (χ4n) is 2.69. The number of allylic oxidation sites excluding steroid dienone is 1. The van der Waals surface area contributed by atoms with Crippen molar-refractivity contribution in [2.24, 2.45) is 0 Å². The molecular formula is C20H22BrF4N3O2. The molecule has 1 aromatic carbocycles. The smallest absolute Gasteiger partial charge is 0.322 e. The SMILES string of the molecule is C=C(F)CCC(=O)N(CCCCCc1noc(C(C)(F)F)n1)c1ccc(F)c(Br)c1. The molecule has 1 amide bonds. The lowest BCUT2D eigenvalue weighted by atomic mass is 10.1. The first kappa shape index (κ1) is 24.0. The molecule has 2 aromatic rings. The third kappa shape index (κ3) is 7.23. The first-order valence-electron chi connectivity index (χ1n) is 9.37. The van der Waals surface area contributed by atoms with E-state index in [-0.39, 0.29) is 29.0 Å². The van der Waals surface area contributed by atoms with Gasteiger partial charge in [0.05, 0.1) is 10.3 Å². The number of alkyl halides is 2. The maximum Gasteiger partial charge on any atom is 0.322 e. The van der Waals surface area contributed by atoms with E-state index in [2.05, 4.69) is 37.2 Å². The van der Waals surface area contributed by atoms with Crippen LogP contribution in [0.15, 0.2) is 39.6 Å². The van der Waals surface area contributed by atoms with Crippen LogP contribution < -0.4 is 4.90 Å². The Morgan fingerprint density at radius 2 is 2.00 bits per heavy atom. The van der Waals surface area contributed by atoms with Crippen LogP contribution in [0.2, 0.25) is 0 Å². The van der Waals surface area contributed by atoms with Crippen molar-refractivity contribution in [3.05, 3.63) is 52.6 Å². The molecule has 0 aliphatic carbocycles. The number of anilines is 1. The highest BCUT2D eigenvalue weighted by atomic mass is 79.9. The lowest BCUT2D eigenvalue weighted by molar-refractivity contribution is -0.118. The number of aryl methyl sites for hydroxylation is 1. The van der Waals surface area contributed by atoms with Gasteiger partial charge in [-0.25, -0.2) is 8.78 Å². The molecule has 0 spiro atoms. The van der Waals surface area contributed by atoms with Crippen LogP contribution >= 0.6 is 15.9 Å². The van der Waals surface area contributed by atoms with Crippen LogP contribution in [-0.4, -0.2) is 22.6 Å². The summed E-state index contributed by atoms with van der Waals surface area (Å²) in [6.07, 6.45) is 2.07. The van der Waals surface area contributed by atoms with E-state index in [1.165, 1.54) is 23.1 Å². The number of halogens is 5. The maximum absolute atomic E-state index is 13.5. The summed E-state index contributed by atoms with van der Waals surface area (Å²) < 4.78 is 57.5. The van der Waals surface area contributed by atoms with Crippen LogP contribution in [0, 0.1) is 5.82 Å². The average Bonchev–Trinajstić information content (AvgIpc) is 3.14. The molecule has 1 aromatic heterocycles. The van der Waals surface area contributed by atoms with Crippen molar-refractivity contribution in [1.29, 1.82) is 0 Å². The zero-order valence-electron chi connectivity index (χ0n) is 16.4. The number of benzene rings is 1. The van der Waals surface area contributed by atoms with Gasteiger partial charge in [0, 0.05) is 38.4 Å². The molecule has 0 bridgehead atoms. The molecule has 0 saturated heterocycles. The number of amides is 1. The zero-order chi connectivity index (χ0) is 22.3. The predicted octanol–water partition coefficient (Wildman–Crippen LogP) is 6.09. The van der Waals surface area contributed by atoms with Gasteiger partial charge in [-0.3, -0.25) is 4.79 Å². The van der Waals surface area contributed by atoms with E-state index in [1.54, 1.807) is 0 Å². The number of carbonyl (C=O) groups is 1. The summed E-state index contributed by atoms with van der Waals surface area (Å²) in [6, 6.07) is 4.21. The minimum Gasteiger partial charge on any atom is -0.333 e. The number of hydrogen-bond acceptors (Lipinski definition) is 4. The Kier molecular flexibility index (Phi) is 8.57. The van der Waals surface area contributed by atoms with Gasteiger partial charge < -0.3 is 9.42 Å². The van der Waals surface area contributed by atoms with Gasteiger partial charge in [-0.2, -0.15) is 13.8 Å². The number of carbonyl (C=O) groups excluding carboxylic acids is 1. The topological polar surface area (TPSA) is 59.2 Å². The van der Waals surface area contributed by atoms with Crippen molar-refractivity contribution in [3.8, 4) is 0 Å². The Morgan fingerprint density at radius 3 is 2.60 bits per heavy atom. The molecule has 0 aliphatic rings. The van der Waals surface area contributed by atoms with Crippen LogP contribution in [-0.2, 0) is 17.1 Å². The summed E-state index contributed by atoms with van der Waals surface area (Å²) >= 11 is 3.10. The summed E-state index contributed by atoms with van der Waals surface area (Å²) in [7, 11) is 0. The molecular weight excluding hydrogens is 470 g/mol. The van der Waals surface area contributed by atoms with Crippen LogP contribution in [0.4, 0.5) is 23.2 Å². The van der Waals surface area contributed by atoms with Crippen molar-refractivity contribution in [3.63, 3.8) is 0 Å². The lowest BCUT2D eigenvalue weighted by Gasteiger charge is -2.23. The van der Waals surface area contributed by atoms with Gasteiger partial charge in [-0.05, 0) is 47.0 Å². The van der Waals surface area contributed by atoms with E-state index < -0.39 is 23.5 Å². The normalized spacial score (nSPS) is 11.5. The molecule has 2 rings (SSSR count). The maximum atomic E-state index is 13.5. The van der Waals surface area contributed by atoms with E-state index in [0.29, 0.717) is 44.8 Å². The fourth-order valence-corrected chi connectivity index (χ4v) is 3.06. The van der Waals surface area contributed by atoms with E-state index in [9.17, 15) is 22.4 Å². The highest BCUT2D eigenvalue weighted by Crippen LogP contribution is 2.26. The highest BCUT2D eigenvalue weighted by molar-refractivity contribution is 9.10. The second-order valence-electron chi connectivity index (χ2n) is 6.88. The third-order valence-electron chi connectivity index (χ3n) is 4.25. The number of hydrogen-bond donors (Lipinski definition) is 0. The van der Waals surface area contributed by atoms with Gasteiger partial charge in [-0.15, -0.1) is 0 Å². The molecule has 1 heterocycles. The van der Waals surface area contributed by atoms with Crippen LogP contribution in [0.5, 0.6) is 0 Å². The second-order valence-corrected chi connectivity index (χ2v) is 7.73. The highest BCUT2D eigenvalue weighted by Gasteiger charge is 2.31.